The first-order chi connectivity index (χ1) is 12.7. The topological polar surface area (TPSA) is 70.4 Å². The molecule has 1 aromatic heterocycles. The van der Waals surface area contributed by atoms with Crippen molar-refractivity contribution in [3.8, 4) is 5.75 Å². The molecule has 2 aromatic carbocycles. The van der Waals surface area contributed by atoms with Crippen LogP contribution in [0.4, 0.5) is 13.2 Å². The van der Waals surface area contributed by atoms with E-state index in [-0.39, 0.29) is 16.6 Å². The van der Waals surface area contributed by atoms with Crippen molar-refractivity contribution in [2.24, 2.45) is 0 Å². The van der Waals surface area contributed by atoms with E-state index in [4.69, 9.17) is 0 Å². The van der Waals surface area contributed by atoms with Gasteiger partial charge in [-0.2, -0.15) is 13.2 Å². The average molecular weight is 373 g/mol. The number of carboxylic acids is 1. The minimum Gasteiger partial charge on any atom is -0.505 e. The number of alkyl halides is 3. The number of aromatic carboxylic acids is 1. The Kier molecular flexibility index (Phi) is 3.66. The summed E-state index contributed by atoms with van der Waals surface area (Å²) in [5, 5.41) is 20.0. The van der Waals surface area contributed by atoms with Crippen LogP contribution in [0, 0.1) is 0 Å². The number of hydrogen-bond donors (Lipinski definition) is 2. The molecule has 138 valence electrons. The standard InChI is InChI=1S/C20H14F3NO3/c21-20(22,23)12-6-7-14-13(10-12)15(18(26)27)16(25)17(24-14)19(8-9-19)11-4-2-1-3-5-11/h1-7,10,25H,8-9H2,(H,26,27). The van der Waals surface area contributed by atoms with Crippen molar-refractivity contribution in [3.63, 3.8) is 0 Å². The van der Waals surface area contributed by atoms with Crippen molar-refractivity contribution in [1.29, 1.82) is 0 Å². The fourth-order valence-corrected chi connectivity index (χ4v) is 3.52. The summed E-state index contributed by atoms with van der Waals surface area (Å²) in [6.07, 6.45) is -3.29. The summed E-state index contributed by atoms with van der Waals surface area (Å²) < 4.78 is 39.1. The summed E-state index contributed by atoms with van der Waals surface area (Å²) in [6, 6.07) is 12.0. The van der Waals surface area contributed by atoms with Crippen LogP contribution in [0.25, 0.3) is 10.9 Å². The fourth-order valence-electron chi connectivity index (χ4n) is 3.52. The van der Waals surface area contributed by atoms with E-state index >= 15 is 0 Å². The molecular formula is C20H14F3NO3. The molecule has 4 nitrogen and oxygen atoms in total. The molecule has 0 saturated heterocycles. The quantitative estimate of drug-likeness (QED) is 0.696. The van der Waals surface area contributed by atoms with E-state index in [1.165, 1.54) is 0 Å². The van der Waals surface area contributed by atoms with Crippen LogP contribution in [-0.2, 0) is 11.6 Å². The maximum Gasteiger partial charge on any atom is 0.416 e. The molecule has 7 heteroatoms. The van der Waals surface area contributed by atoms with Gasteiger partial charge in [0, 0.05) is 10.8 Å². The van der Waals surface area contributed by atoms with E-state index in [0.29, 0.717) is 12.8 Å². The second-order valence-electron chi connectivity index (χ2n) is 6.67. The molecular weight excluding hydrogens is 359 g/mol. The number of aromatic nitrogens is 1. The number of fused-ring (bicyclic) bond motifs is 1. The molecule has 1 aliphatic carbocycles. The molecule has 0 spiro atoms. The fraction of sp³-hybridized carbons (Fsp3) is 0.200. The van der Waals surface area contributed by atoms with Gasteiger partial charge in [0.1, 0.15) is 5.56 Å². The van der Waals surface area contributed by atoms with E-state index < -0.39 is 34.4 Å². The number of carbonyl (C=O) groups is 1. The molecule has 3 aromatic rings. The summed E-state index contributed by atoms with van der Waals surface area (Å²) in [5.74, 6) is -2.07. The second kappa shape index (κ2) is 5.70. The van der Waals surface area contributed by atoms with Crippen molar-refractivity contribution in [2.75, 3.05) is 0 Å². The Morgan fingerprint density at radius 1 is 1.07 bits per heavy atom. The molecule has 1 fully saturated rings. The van der Waals surface area contributed by atoms with Gasteiger partial charge in [0.25, 0.3) is 0 Å². The highest BCUT2D eigenvalue weighted by atomic mass is 19.4. The van der Waals surface area contributed by atoms with E-state index in [9.17, 15) is 28.2 Å². The van der Waals surface area contributed by atoms with Crippen molar-refractivity contribution in [2.45, 2.75) is 24.4 Å². The van der Waals surface area contributed by atoms with Gasteiger partial charge in [0.15, 0.2) is 5.75 Å². The number of pyridine rings is 1. The molecule has 0 atom stereocenters. The largest absolute Gasteiger partial charge is 0.505 e. The Morgan fingerprint density at radius 3 is 2.30 bits per heavy atom. The first kappa shape index (κ1) is 17.3. The molecule has 0 aliphatic heterocycles. The minimum atomic E-state index is -4.62. The normalized spacial score (nSPS) is 15.7. The summed E-state index contributed by atoms with van der Waals surface area (Å²) in [7, 11) is 0. The maximum atomic E-state index is 13.0. The van der Waals surface area contributed by atoms with E-state index in [0.717, 1.165) is 23.8 Å². The number of benzene rings is 2. The van der Waals surface area contributed by atoms with Crippen LogP contribution in [0.1, 0.15) is 40.0 Å². The zero-order valence-corrected chi connectivity index (χ0v) is 13.9. The van der Waals surface area contributed by atoms with Crippen molar-refractivity contribution >= 4 is 16.9 Å². The molecule has 2 N–H and O–H groups in total. The molecule has 0 unspecified atom stereocenters. The molecule has 27 heavy (non-hydrogen) atoms. The molecule has 0 radical (unpaired) electrons. The lowest BCUT2D eigenvalue weighted by Gasteiger charge is -2.19. The second-order valence-corrected chi connectivity index (χ2v) is 6.67. The summed E-state index contributed by atoms with van der Waals surface area (Å²) in [4.78, 5) is 16.1. The van der Waals surface area contributed by atoms with Gasteiger partial charge in [0.05, 0.1) is 16.8 Å². The van der Waals surface area contributed by atoms with Gasteiger partial charge in [-0.25, -0.2) is 9.78 Å². The minimum absolute atomic E-state index is 0.107. The average Bonchev–Trinajstić information content (AvgIpc) is 3.42. The first-order valence-electron chi connectivity index (χ1n) is 8.27. The van der Waals surface area contributed by atoms with Crippen LogP contribution < -0.4 is 0 Å². The number of rotatable bonds is 3. The maximum absolute atomic E-state index is 13.0. The third-order valence-corrected chi connectivity index (χ3v) is 5.03. The molecule has 0 bridgehead atoms. The lowest BCUT2D eigenvalue weighted by Crippen LogP contribution is -2.14. The molecule has 1 saturated carbocycles. The summed E-state index contributed by atoms with van der Waals surface area (Å²) in [5.41, 5.74) is -0.977. The van der Waals surface area contributed by atoms with Crippen LogP contribution >= 0.6 is 0 Å². The van der Waals surface area contributed by atoms with Gasteiger partial charge in [-0.3, -0.25) is 0 Å². The predicted molar refractivity (Wildman–Crippen MR) is 91.8 cm³/mol. The highest BCUT2D eigenvalue weighted by Crippen LogP contribution is 2.56. The number of nitrogens with zero attached hydrogens (tertiary/aromatic N) is 1. The van der Waals surface area contributed by atoms with Crippen molar-refractivity contribution < 1.29 is 28.2 Å². The molecule has 1 heterocycles. The first-order valence-corrected chi connectivity index (χ1v) is 8.27. The lowest BCUT2D eigenvalue weighted by molar-refractivity contribution is -0.137. The third kappa shape index (κ3) is 2.70. The molecule has 1 aliphatic rings. The van der Waals surface area contributed by atoms with Gasteiger partial charge < -0.3 is 10.2 Å². The molecule has 4 rings (SSSR count). The van der Waals surface area contributed by atoms with E-state index in [1.54, 1.807) is 0 Å². The van der Waals surface area contributed by atoms with Crippen molar-refractivity contribution in [1.82, 2.24) is 4.98 Å². The van der Waals surface area contributed by atoms with E-state index in [2.05, 4.69) is 4.98 Å². The number of hydrogen-bond acceptors (Lipinski definition) is 3. The Morgan fingerprint density at radius 2 is 1.74 bits per heavy atom. The molecule has 0 amide bonds. The Balaban J connectivity index is 2.00. The zero-order valence-electron chi connectivity index (χ0n) is 13.9. The van der Waals surface area contributed by atoms with Gasteiger partial charge in [-0.05, 0) is 36.6 Å². The Labute approximate surface area is 151 Å². The van der Waals surface area contributed by atoms with Crippen LogP contribution in [0.2, 0.25) is 0 Å². The van der Waals surface area contributed by atoms with Gasteiger partial charge in [-0.1, -0.05) is 30.3 Å². The monoisotopic (exact) mass is 373 g/mol. The number of halogens is 3. The van der Waals surface area contributed by atoms with Crippen LogP contribution in [0.15, 0.2) is 48.5 Å². The van der Waals surface area contributed by atoms with Gasteiger partial charge >= 0.3 is 12.1 Å². The van der Waals surface area contributed by atoms with E-state index in [1.807, 2.05) is 30.3 Å². The van der Waals surface area contributed by atoms with Crippen LogP contribution in [0.3, 0.4) is 0 Å². The zero-order chi connectivity index (χ0) is 19.4. The number of aromatic hydroxyl groups is 1. The van der Waals surface area contributed by atoms with Crippen LogP contribution in [-0.4, -0.2) is 21.2 Å². The Bertz CT molecular complexity index is 1060. The third-order valence-electron chi connectivity index (χ3n) is 5.03. The summed E-state index contributed by atoms with van der Waals surface area (Å²) >= 11 is 0. The summed E-state index contributed by atoms with van der Waals surface area (Å²) in [6.45, 7) is 0. The predicted octanol–water partition coefficient (Wildman–Crippen LogP) is 4.74. The van der Waals surface area contributed by atoms with Gasteiger partial charge in [0.2, 0.25) is 0 Å². The highest BCUT2D eigenvalue weighted by Gasteiger charge is 2.50. The van der Waals surface area contributed by atoms with Crippen molar-refractivity contribution in [3.05, 3.63) is 70.9 Å². The number of carboxylic acid groups (broad SMARTS) is 1. The SMILES string of the molecule is O=C(O)c1c(O)c(C2(c3ccccc3)CC2)nc2ccc(C(F)(F)F)cc12. The van der Waals surface area contributed by atoms with Gasteiger partial charge in [-0.15, -0.1) is 0 Å². The lowest BCUT2D eigenvalue weighted by atomic mass is 9.89. The van der Waals surface area contributed by atoms with Crippen LogP contribution in [0.5, 0.6) is 5.75 Å². The smallest absolute Gasteiger partial charge is 0.416 e. The Hall–Kier alpha value is -3.09. The highest BCUT2D eigenvalue weighted by molar-refractivity contribution is 6.05.